The van der Waals surface area contributed by atoms with E-state index in [-0.39, 0.29) is 0 Å². The number of hydrogen-bond acceptors (Lipinski definition) is 0. The summed E-state index contributed by atoms with van der Waals surface area (Å²) in [5, 5.41) is 0.842. The molecule has 0 aliphatic rings. The molecule has 0 heterocycles. The van der Waals surface area contributed by atoms with Crippen LogP contribution in [0.4, 0.5) is 0 Å². The van der Waals surface area contributed by atoms with Gasteiger partial charge in [0.05, 0.1) is 0 Å². The van der Waals surface area contributed by atoms with Gasteiger partial charge in [-0.1, -0.05) is 0 Å². The molecule has 0 fully saturated rings. The summed E-state index contributed by atoms with van der Waals surface area (Å²) in [5.41, 5.74) is 0. The molecular weight excluding hydrogens is 344 g/mol. The number of rotatable bonds is 1. The van der Waals surface area contributed by atoms with Gasteiger partial charge in [-0.2, -0.15) is 0 Å². The van der Waals surface area contributed by atoms with Crippen LogP contribution in [0.5, 0.6) is 0 Å². The summed E-state index contributed by atoms with van der Waals surface area (Å²) in [6, 6.07) is 7.80. The van der Waals surface area contributed by atoms with Crippen molar-refractivity contribution in [3.63, 3.8) is 0 Å². The van der Waals surface area contributed by atoms with Gasteiger partial charge >= 0.3 is 75.6 Å². The van der Waals surface area contributed by atoms with Crippen molar-refractivity contribution < 1.29 is 23.3 Å². The average molecular weight is 348 g/mol. The SMILES string of the molecule is [Cl][Hg][c]1ccccc1Cl. The molecule has 0 amide bonds. The van der Waals surface area contributed by atoms with Gasteiger partial charge in [-0.15, -0.1) is 0 Å². The Morgan fingerprint density at radius 3 is 2.33 bits per heavy atom. The molecule has 0 saturated carbocycles. The molecule has 0 aliphatic carbocycles. The van der Waals surface area contributed by atoms with Crippen LogP contribution >= 0.6 is 19.9 Å². The van der Waals surface area contributed by atoms with E-state index in [0.717, 1.165) is 5.02 Å². The predicted octanol–water partition coefficient (Wildman–Crippen LogP) is 2.20. The minimum absolute atomic E-state index is 0.842. The van der Waals surface area contributed by atoms with E-state index in [1.165, 1.54) is 3.07 Å². The monoisotopic (exact) mass is 348 g/mol. The zero-order valence-corrected chi connectivity index (χ0v) is 11.8. The van der Waals surface area contributed by atoms with Gasteiger partial charge in [-0.25, -0.2) is 0 Å². The second-order valence-electron chi connectivity index (χ2n) is 1.73. The first-order chi connectivity index (χ1) is 4.34. The molecule has 0 saturated heterocycles. The Bertz CT molecular complexity index is 200. The van der Waals surface area contributed by atoms with Crippen molar-refractivity contribution >= 4 is 22.9 Å². The van der Waals surface area contributed by atoms with E-state index in [1.54, 1.807) is 0 Å². The van der Waals surface area contributed by atoms with Gasteiger partial charge in [0, 0.05) is 0 Å². The molecule has 0 atom stereocenters. The van der Waals surface area contributed by atoms with Gasteiger partial charge in [0.2, 0.25) is 0 Å². The molecule has 3 heteroatoms. The van der Waals surface area contributed by atoms with Crippen LogP contribution in [0.2, 0.25) is 5.02 Å². The third kappa shape index (κ3) is 2.10. The van der Waals surface area contributed by atoms with E-state index in [0.29, 0.717) is 0 Å². The normalized spacial score (nSPS) is 8.67. The second-order valence-corrected chi connectivity index (χ2v) is 8.48. The molecular formula is C6H4Cl2Hg. The molecule has 0 aliphatic heterocycles. The summed E-state index contributed by atoms with van der Waals surface area (Å²) in [6.45, 7) is 0. The van der Waals surface area contributed by atoms with Crippen LogP contribution in [0.1, 0.15) is 0 Å². The summed E-state index contributed by atoms with van der Waals surface area (Å²) in [4.78, 5) is 0. The van der Waals surface area contributed by atoms with E-state index >= 15 is 0 Å². The molecule has 44 valence electrons. The van der Waals surface area contributed by atoms with Crippen LogP contribution < -0.4 is 3.07 Å². The van der Waals surface area contributed by atoms with E-state index in [9.17, 15) is 0 Å². The van der Waals surface area contributed by atoms with Gasteiger partial charge in [0.15, 0.2) is 0 Å². The Labute approximate surface area is 75.0 Å². The molecule has 0 bridgehead atoms. The third-order valence-corrected chi connectivity index (χ3v) is 8.38. The van der Waals surface area contributed by atoms with Gasteiger partial charge in [0.1, 0.15) is 0 Å². The molecule has 1 aromatic carbocycles. The van der Waals surface area contributed by atoms with Gasteiger partial charge in [-0.3, -0.25) is 0 Å². The fourth-order valence-electron chi connectivity index (χ4n) is 0.607. The van der Waals surface area contributed by atoms with E-state index in [2.05, 4.69) is 0 Å². The zero-order valence-electron chi connectivity index (χ0n) is 4.77. The van der Waals surface area contributed by atoms with Crippen molar-refractivity contribution in [3.8, 4) is 0 Å². The summed E-state index contributed by atoms with van der Waals surface area (Å²) in [5.74, 6) is 0. The standard InChI is InChI=1S/C6H4Cl.ClH.Hg/c7-6-4-2-1-3-5-6;;/h1-4H;1H;/q;;+1/p-1. The number of hydrogen-bond donors (Lipinski definition) is 0. The van der Waals surface area contributed by atoms with Crippen LogP contribution in [0, 0.1) is 0 Å². The van der Waals surface area contributed by atoms with E-state index in [1.807, 2.05) is 24.3 Å². The third-order valence-electron chi connectivity index (χ3n) is 1.10. The summed E-state index contributed by atoms with van der Waals surface area (Å²) >= 11 is 4.55. The minimum atomic E-state index is -1.25. The Morgan fingerprint density at radius 1 is 1.22 bits per heavy atom. The first-order valence-corrected chi connectivity index (χ1v) is 12.5. The maximum absolute atomic E-state index is 5.80. The quantitative estimate of drug-likeness (QED) is 0.683. The molecule has 1 rings (SSSR count). The Balaban J connectivity index is 3.01. The van der Waals surface area contributed by atoms with Gasteiger partial charge in [0.25, 0.3) is 0 Å². The van der Waals surface area contributed by atoms with Crippen molar-refractivity contribution in [2.45, 2.75) is 0 Å². The number of halogens is 2. The Hall–Kier alpha value is 0.735. The fraction of sp³-hybridized carbons (Fsp3) is 0. The van der Waals surface area contributed by atoms with Crippen LogP contribution in [-0.4, -0.2) is 0 Å². The molecule has 0 nitrogen and oxygen atoms in total. The zero-order chi connectivity index (χ0) is 6.69. The molecule has 0 radical (unpaired) electrons. The molecule has 0 N–H and O–H groups in total. The fourth-order valence-corrected chi connectivity index (χ4v) is 5.80. The Kier molecular flexibility index (Phi) is 3.31. The van der Waals surface area contributed by atoms with E-state index in [4.69, 9.17) is 19.9 Å². The van der Waals surface area contributed by atoms with Crippen molar-refractivity contribution in [1.29, 1.82) is 0 Å². The molecule has 0 unspecified atom stereocenters. The maximum atomic E-state index is 5.80. The van der Waals surface area contributed by atoms with Gasteiger partial charge < -0.3 is 0 Å². The first kappa shape index (κ1) is 7.84. The predicted molar refractivity (Wildman–Crippen MR) is 36.9 cm³/mol. The second kappa shape index (κ2) is 3.80. The Morgan fingerprint density at radius 2 is 1.89 bits per heavy atom. The topological polar surface area (TPSA) is 0 Å². The van der Waals surface area contributed by atoms with Crippen molar-refractivity contribution in [2.75, 3.05) is 0 Å². The van der Waals surface area contributed by atoms with Crippen molar-refractivity contribution in [3.05, 3.63) is 29.3 Å². The summed E-state index contributed by atoms with van der Waals surface area (Å²) in [6.07, 6.45) is 0. The number of benzene rings is 1. The average Bonchev–Trinajstić information content (AvgIpc) is 1.89. The van der Waals surface area contributed by atoms with Crippen LogP contribution in [-0.2, 0) is 23.3 Å². The van der Waals surface area contributed by atoms with Crippen molar-refractivity contribution in [2.24, 2.45) is 0 Å². The molecule has 0 aromatic heterocycles. The van der Waals surface area contributed by atoms with Crippen LogP contribution in [0.15, 0.2) is 24.3 Å². The van der Waals surface area contributed by atoms with Gasteiger partial charge in [-0.05, 0) is 0 Å². The van der Waals surface area contributed by atoms with Crippen LogP contribution in [0.25, 0.3) is 0 Å². The van der Waals surface area contributed by atoms with Crippen molar-refractivity contribution in [1.82, 2.24) is 0 Å². The summed E-state index contributed by atoms with van der Waals surface area (Å²) < 4.78 is 1.21. The van der Waals surface area contributed by atoms with E-state index < -0.39 is 23.3 Å². The van der Waals surface area contributed by atoms with Crippen LogP contribution in [0.3, 0.4) is 0 Å². The first-order valence-electron chi connectivity index (χ1n) is 2.64. The molecule has 1 aromatic rings. The molecule has 9 heavy (non-hydrogen) atoms. The molecule has 0 spiro atoms. The summed E-state index contributed by atoms with van der Waals surface area (Å²) in [7, 11) is 5.77.